The smallest absolute Gasteiger partial charge is 0.0346 e. The van der Waals surface area contributed by atoms with Gasteiger partial charge in [0, 0.05) is 18.8 Å². The Morgan fingerprint density at radius 1 is 1.40 bits per heavy atom. The van der Waals surface area contributed by atoms with E-state index in [4.69, 9.17) is 5.73 Å². The maximum absolute atomic E-state index is 5.86. The highest BCUT2D eigenvalue weighted by molar-refractivity contribution is 5.48. The van der Waals surface area contributed by atoms with Crippen molar-refractivity contribution in [3.63, 3.8) is 0 Å². The van der Waals surface area contributed by atoms with Gasteiger partial charge >= 0.3 is 0 Å². The Hall–Kier alpha value is -1.02. The lowest BCUT2D eigenvalue weighted by atomic mass is 10.1. The Labute approximate surface area is 91.9 Å². The quantitative estimate of drug-likeness (QED) is 0.739. The first-order valence-electron chi connectivity index (χ1n) is 5.65. The van der Waals surface area contributed by atoms with Gasteiger partial charge in [-0.1, -0.05) is 19.1 Å². The van der Waals surface area contributed by atoms with Crippen molar-refractivity contribution in [2.24, 2.45) is 5.41 Å². The second-order valence-electron chi connectivity index (χ2n) is 5.11. The third-order valence-electron chi connectivity index (χ3n) is 3.33. The molecule has 0 atom stereocenters. The van der Waals surface area contributed by atoms with Crippen molar-refractivity contribution in [3.05, 3.63) is 29.3 Å². The molecule has 82 valence electrons. The van der Waals surface area contributed by atoms with Crippen LogP contribution in [-0.4, -0.2) is 6.54 Å². The number of nitrogens with one attached hydrogen (secondary N) is 1. The number of hydrogen-bond donors (Lipinski definition) is 2. The summed E-state index contributed by atoms with van der Waals surface area (Å²) in [5, 5.41) is 3.50. The van der Waals surface area contributed by atoms with Crippen LogP contribution in [0.4, 0.5) is 5.69 Å². The van der Waals surface area contributed by atoms with Crippen LogP contribution >= 0.6 is 0 Å². The summed E-state index contributed by atoms with van der Waals surface area (Å²) in [6, 6.07) is 6.30. The van der Waals surface area contributed by atoms with Gasteiger partial charge in [0.2, 0.25) is 0 Å². The predicted molar refractivity (Wildman–Crippen MR) is 64.6 cm³/mol. The summed E-state index contributed by atoms with van der Waals surface area (Å²) in [7, 11) is 0. The molecule has 0 saturated heterocycles. The Morgan fingerprint density at radius 3 is 2.73 bits per heavy atom. The summed E-state index contributed by atoms with van der Waals surface area (Å²) >= 11 is 0. The first-order chi connectivity index (χ1) is 7.09. The monoisotopic (exact) mass is 204 g/mol. The number of aryl methyl sites for hydroxylation is 1. The van der Waals surface area contributed by atoms with Gasteiger partial charge in [0.25, 0.3) is 0 Å². The van der Waals surface area contributed by atoms with Gasteiger partial charge < -0.3 is 11.1 Å². The van der Waals surface area contributed by atoms with Crippen LogP contribution in [0.25, 0.3) is 0 Å². The second-order valence-corrected chi connectivity index (χ2v) is 5.11. The first-order valence-corrected chi connectivity index (χ1v) is 5.65. The average Bonchev–Trinajstić information content (AvgIpc) is 2.90. The fraction of sp³-hybridized carbons (Fsp3) is 0.538. The van der Waals surface area contributed by atoms with Crippen LogP contribution in [0.1, 0.15) is 30.9 Å². The van der Waals surface area contributed by atoms with Crippen molar-refractivity contribution in [2.45, 2.75) is 33.2 Å². The minimum absolute atomic E-state index is 0.580. The van der Waals surface area contributed by atoms with E-state index in [0.717, 1.165) is 24.3 Å². The third kappa shape index (κ3) is 2.72. The molecule has 2 heteroatoms. The SMILES string of the molecule is Cc1ccc(CNCC2(C)CC2)cc1N. The van der Waals surface area contributed by atoms with Crippen molar-refractivity contribution >= 4 is 5.69 Å². The van der Waals surface area contributed by atoms with Gasteiger partial charge in [-0.15, -0.1) is 0 Å². The minimum atomic E-state index is 0.580. The van der Waals surface area contributed by atoms with Crippen molar-refractivity contribution in [3.8, 4) is 0 Å². The standard InChI is InChI=1S/C13H20N2/c1-10-3-4-11(7-12(10)14)8-15-9-13(2)5-6-13/h3-4,7,15H,5-6,8-9,14H2,1-2H3. The van der Waals surface area contributed by atoms with Gasteiger partial charge in [0.15, 0.2) is 0 Å². The van der Waals surface area contributed by atoms with Gasteiger partial charge in [0.05, 0.1) is 0 Å². The van der Waals surface area contributed by atoms with Gasteiger partial charge in [-0.3, -0.25) is 0 Å². The second kappa shape index (κ2) is 3.86. The fourth-order valence-corrected chi connectivity index (χ4v) is 1.70. The van der Waals surface area contributed by atoms with E-state index in [1.807, 2.05) is 6.92 Å². The molecule has 0 amide bonds. The lowest BCUT2D eigenvalue weighted by Crippen LogP contribution is -2.21. The van der Waals surface area contributed by atoms with Crippen molar-refractivity contribution in [2.75, 3.05) is 12.3 Å². The largest absolute Gasteiger partial charge is 0.399 e. The Bertz CT molecular complexity index is 354. The van der Waals surface area contributed by atoms with E-state index in [-0.39, 0.29) is 0 Å². The van der Waals surface area contributed by atoms with Crippen molar-refractivity contribution in [1.29, 1.82) is 0 Å². The van der Waals surface area contributed by atoms with Gasteiger partial charge in [-0.2, -0.15) is 0 Å². The Kier molecular flexibility index (Phi) is 2.70. The zero-order valence-electron chi connectivity index (χ0n) is 9.64. The third-order valence-corrected chi connectivity index (χ3v) is 3.33. The molecule has 1 fully saturated rings. The molecule has 1 aliphatic rings. The first kappa shape index (κ1) is 10.5. The maximum atomic E-state index is 5.86. The van der Waals surface area contributed by atoms with E-state index in [1.165, 1.54) is 18.4 Å². The number of nitrogens with two attached hydrogens (primary N) is 1. The van der Waals surface area contributed by atoms with Crippen LogP contribution in [0.3, 0.4) is 0 Å². The topological polar surface area (TPSA) is 38.0 Å². The number of anilines is 1. The van der Waals surface area contributed by atoms with Crippen LogP contribution in [0.15, 0.2) is 18.2 Å². The molecule has 2 nitrogen and oxygen atoms in total. The molecule has 0 spiro atoms. The Balaban J connectivity index is 1.85. The lowest BCUT2D eigenvalue weighted by molar-refractivity contribution is 0.499. The molecule has 0 radical (unpaired) electrons. The van der Waals surface area contributed by atoms with E-state index >= 15 is 0 Å². The fourth-order valence-electron chi connectivity index (χ4n) is 1.70. The highest BCUT2D eigenvalue weighted by atomic mass is 14.9. The molecule has 0 aliphatic heterocycles. The molecule has 3 N–H and O–H groups in total. The van der Waals surface area contributed by atoms with Crippen LogP contribution in [-0.2, 0) is 6.54 Å². The molecule has 0 unspecified atom stereocenters. The molecule has 1 saturated carbocycles. The van der Waals surface area contributed by atoms with Crippen LogP contribution in [0, 0.1) is 12.3 Å². The molecule has 1 aliphatic carbocycles. The van der Waals surface area contributed by atoms with Gasteiger partial charge in [-0.25, -0.2) is 0 Å². The molecular weight excluding hydrogens is 184 g/mol. The van der Waals surface area contributed by atoms with E-state index in [0.29, 0.717) is 5.41 Å². The summed E-state index contributed by atoms with van der Waals surface area (Å²) in [6.07, 6.45) is 2.74. The number of rotatable bonds is 4. The average molecular weight is 204 g/mol. The van der Waals surface area contributed by atoms with Gasteiger partial charge in [-0.05, 0) is 42.4 Å². The molecule has 0 bridgehead atoms. The number of hydrogen-bond acceptors (Lipinski definition) is 2. The van der Waals surface area contributed by atoms with Crippen molar-refractivity contribution in [1.82, 2.24) is 5.32 Å². The molecule has 0 heterocycles. The van der Waals surface area contributed by atoms with E-state index in [1.54, 1.807) is 0 Å². The van der Waals surface area contributed by atoms with E-state index < -0.39 is 0 Å². The molecule has 15 heavy (non-hydrogen) atoms. The summed E-state index contributed by atoms with van der Waals surface area (Å²) in [5.74, 6) is 0. The van der Waals surface area contributed by atoms with E-state index in [9.17, 15) is 0 Å². The molecular formula is C13H20N2. The Morgan fingerprint density at radius 2 is 2.13 bits per heavy atom. The normalized spacial score (nSPS) is 17.7. The minimum Gasteiger partial charge on any atom is -0.399 e. The van der Waals surface area contributed by atoms with E-state index in [2.05, 4.69) is 30.4 Å². The lowest BCUT2D eigenvalue weighted by Gasteiger charge is -2.10. The summed E-state index contributed by atoms with van der Waals surface area (Å²) < 4.78 is 0. The maximum Gasteiger partial charge on any atom is 0.0346 e. The summed E-state index contributed by atoms with van der Waals surface area (Å²) in [5.41, 5.74) is 9.78. The highest BCUT2D eigenvalue weighted by Crippen LogP contribution is 2.44. The van der Waals surface area contributed by atoms with Crippen LogP contribution < -0.4 is 11.1 Å². The zero-order valence-corrected chi connectivity index (χ0v) is 9.64. The van der Waals surface area contributed by atoms with Crippen LogP contribution in [0.5, 0.6) is 0 Å². The van der Waals surface area contributed by atoms with Crippen molar-refractivity contribution < 1.29 is 0 Å². The number of nitrogen functional groups attached to an aromatic ring is 1. The predicted octanol–water partition coefficient (Wildman–Crippen LogP) is 2.47. The van der Waals surface area contributed by atoms with Crippen LogP contribution in [0.2, 0.25) is 0 Å². The molecule has 1 aromatic rings. The summed E-state index contributed by atoms with van der Waals surface area (Å²) in [6.45, 7) is 6.43. The molecule has 1 aromatic carbocycles. The molecule has 2 rings (SSSR count). The van der Waals surface area contributed by atoms with Gasteiger partial charge in [0.1, 0.15) is 0 Å². The highest BCUT2D eigenvalue weighted by Gasteiger charge is 2.36. The number of benzene rings is 1. The molecule has 0 aromatic heterocycles. The zero-order chi connectivity index (χ0) is 10.9. The summed E-state index contributed by atoms with van der Waals surface area (Å²) in [4.78, 5) is 0.